The van der Waals surface area contributed by atoms with E-state index in [1.165, 1.54) is 26.1 Å². The van der Waals surface area contributed by atoms with E-state index in [9.17, 15) is 0 Å². The molecule has 0 fully saturated rings. The van der Waals surface area contributed by atoms with Gasteiger partial charge < -0.3 is 4.90 Å². The summed E-state index contributed by atoms with van der Waals surface area (Å²) in [7, 11) is 0. The van der Waals surface area contributed by atoms with Crippen LogP contribution in [0.25, 0.3) is 20.5 Å². The molecule has 1 heterocycles. The first-order chi connectivity index (χ1) is 11.2. The van der Waals surface area contributed by atoms with Crippen LogP contribution in [0.15, 0.2) is 48.5 Å². The van der Waals surface area contributed by atoms with Crippen molar-refractivity contribution < 1.29 is 0 Å². The van der Waals surface area contributed by atoms with Crippen LogP contribution in [0.1, 0.15) is 19.4 Å². The quantitative estimate of drug-likeness (QED) is 0.522. The van der Waals surface area contributed by atoms with E-state index in [0.29, 0.717) is 0 Å². The molecule has 3 aromatic rings. The van der Waals surface area contributed by atoms with Crippen LogP contribution in [-0.2, 0) is 6.42 Å². The Morgan fingerprint density at radius 2 is 1.74 bits per heavy atom. The van der Waals surface area contributed by atoms with E-state index in [-0.39, 0.29) is 0 Å². The standard InChI is InChI=1S/C20H22ClNS/c1-3-22(4-2)13-12-17-18-14-16(21)10-11-19(18)23-20(17)15-8-6-5-7-9-15/h5-11,14H,3-4,12-13H2,1-2H3. The Bertz CT molecular complexity index is 775. The number of thiophene rings is 1. The molecule has 0 amide bonds. The summed E-state index contributed by atoms with van der Waals surface area (Å²) in [6, 6.07) is 17.0. The monoisotopic (exact) mass is 343 g/mol. The van der Waals surface area contributed by atoms with E-state index >= 15 is 0 Å². The van der Waals surface area contributed by atoms with Crippen LogP contribution in [0.2, 0.25) is 5.02 Å². The first kappa shape index (κ1) is 16.5. The van der Waals surface area contributed by atoms with Crippen molar-refractivity contribution in [1.29, 1.82) is 0 Å². The highest BCUT2D eigenvalue weighted by Gasteiger charge is 2.15. The molecular weight excluding hydrogens is 322 g/mol. The van der Waals surface area contributed by atoms with Gasteiger partial charge in [-0.25, -0.2) is 0 Å². The molecule has 2 aromatic carbocycles. The van der Waals surface area contributed by atoms with E-state index in [2.05, 4.69) is 61.2 Å². The van der Waals surface area contributed by atoms with Gasteiger partial charge in [-0.3, -0.25) is 0 Å². The molecule has 0 aliphatic carbocycles. The number of hydrogen-bond donors (Lipinski definition) is 0. The Hall–Kier alpha value is -1.35. The lowest BCUT2D eigenvalue weighted by atomic mass is 10.0. The lowest BCUT2D eigenvalue weighted by molar-refractivity contribution is 0.308. The topological polar surface area (TPSA) is 3.24 Å². The minimum atomic E-state index is 0.819. The highest BCUT2D eigenvalue weighted by molar-refractivity contribution is 7.22. The van der Waals surface area contributed by atoms with Gasteiger partial charge in [-0.2, -0.15) is 0 Å². The molecule has 3 rings (SSSR count). The smallest absolute Gasteiger partial charge is 0.0413 e. The predicted molar refractivity (Wildman–Crippen MR) is 104 cm³/mol. The third-order valence-corrected chi connectivity index (χ3v) is 5.86. The Kier molecular flexibility index (Phi) is 5.37. The summed E-state index contributed by atoms with van der Waals surface area (Å²) in [5, 5.41) is 2.13. The molecule has 3 heteroatoms. The molecular formula is C20H22ClNS. The SMILES string of the molecule is CCN(CC)CCc1c(-c2ccccc2)sc2ccc(Cl)cc12. The van der Waals surface area contributed by atoms with Crippen molar-refractivity contribution in [2.45, 2.75) is 20.3 Å². The van der Waals surface area contributed by atoms with Crippen molar-refractivity contribution in [2.75, 3.05) is 19.6 Å². The van der Waals surface area contributed by atoms with Gasteiger partial charge in [0, 0.05) is 21.1 Å². The van der Waals surface area contributed by atoms with E-state index in [1.54, 1.807) is 0 Å². The van der Waals surface area contributed by atoms with Crippen LogP contribution in [0.5, 0.6) is 0 Å². The summed E-state index contributed by atoms with van der Waals surface area (Å²) in [6.45, 7) is 7.74. The van der Waals surface area contributed by atoms with Gasteiger partial charge in [-0.1, -0.05) is 55.8 Å². The molecule has 0 bridgehead atoms. The van der Waals surface area contributed by atoms with E-state index in [0.717, 1.165) is 31.1 Å². The van der Waals surface area contributed by atoms with Gasteiger partial charge in [0.05, 0.1) is 0 Å². The molecule has 120 valence electrons. The largest absolute Gasteiger partial charge is 0.304 e. The van der Waals surface area contributed by atoms with Crippen LogP contribution < -0.4 is 0 Å². The average molecular weight is 344 g/mol. The maximum atomic E-state index is 6.26. The third-order valence-electron chi connectivity index (χ3n) is 4.36. The fraction of sp³-hybridized carbons (Fsp3) is 0.300. The molecule has 0 unspecified atom stereocenters. The molecule has 0 N–H and O–H groups in total. The zero-order valence-electron chi connectivity index (χ0n) is 13.7. The Morgan fingerprint density at radius 3 is 2.43 bits per heavy atom. The maximum absolute atomic E-state index is 6.26. The van der Waals surface area contributed by atoms with Crippen molar-refractivity contribution in [3.8, 4) is 10.4 Å². The number of rotatable bonds is 6. The van der Waals surface area contributed by atoms with Crippen LogP contribution in [0, 0.1) is 0 Å². The van der Waals surface area contributed by atoms with Gasteiger partial charge in [0.15, 0.2) is 0 Å². The van der Waals surface area contributed by atoms with Crippen molar-refractivity contribution in [2.24, 2.45) is 0 Å². The van der Waals surface area contributed by atoms with Crippen molar-refractivity contribution >= 4 is 33.0 Å². The van der Waals surface area contributed by atoms with Crippen molar-refractivity contribution in [3.63, 3.8) is 0 Å². The first-order valence-corrected chi connectivity index (χ1v) is 9.41. The normalized spacial score (nSPS) is 11.5. The Balaban J connectivity index is 2.06. The summed E-state index contributed by atoms with van der Waals surface area (Å²) in [6.07, 6.45) is 1.06. The molecule has 0 radical (unpaired) electrons. The van der Waals surface area contributed by atoms with Crippen LogP contribution >= 0.6 is 22.9 Å². The van der Waals surface area contributed by atoms with E-state index in [1.807, 2.05) is 17.4 Å². The maximum Gasteiger partial charge on any atom is 0.0413 e. The molecule has 0 saturated heterocycles. The molecule has 0 aliphatic heterocycles. The molecule has 0 spiro atoms. The number of benzene rings is 2. The lowest BCUT2D eigenvalue weighted by Crippen LogP contribution is -2.25. The van der Waals surface area contributed by atoms with Crippen LogP contribution in [-0.4, -0.2) is 24.5 Å². The number of hydrogen-bond acceptors (Lipinski definition) is 2. The van der Waals surface area contributed by atoms with E-state index in [4.69, 9.17) is 11.6 Å². The first-order valence-electron chi connectivity index (χ1n) is 8.21. The molecule has 0 atom stereocenters. The summed E-state index contributed by atoms with van der Waals surface area (Å²) >= 11 is 8.13. The van der Waals surface area contributed by atoms with E-state index < -0.39 is 0 Å². The minimum absolute atomic E-state index is 0.819. The van der Waals surface area contributed by atoms with Gasteiger partial charge in [-0.05, 0) is 54.2 Å². The summed E-state index contributed by atoms with van der Waals surface area (Å²) in [4.78, 5) is 3.86. The van der Waals surface area contributed by atoms with Gasteiger partial charge in [0.2, 0.25) is 0 Å². The van der Waals surface area contributed by atoms with Gasteiger partial charge in [-0.15, -0.1) is 11.3 Å². The second kappa shape index (κ2) is 7.48. The summed E-state index contributed by atoms with van der Waals surface area (Å²) < 4.78 is 1.32. The zero-order valence-corrected chi connectivity index (χ0v) is 15.3. The van der Waals surface area contributed by atoms with Crippen molar-refractivity contribution in [3.05, 3.63) is 59.1 Å². The van der Waals surface area contributed by atoms with Gasteiger partial charge in [0.1, 0.15) is 0 Å². The molecule has 0 saturated carbocycles. The molecule has 23 heavy (non-hydrogen) atoms. The number of likely N-dealkylation sites (N-methyl/N-ethyl adjacent to an activating group) is 1. The molecule has 1 nitrogen and oxygen atoms in total. The molecule has 1 aromatic heterocycles. The van der Waals surface area contributed by atoms with Crippen LogP contribution in [0.3, 0.4) is 0 Å². The zero-order chi connectivity index (χ0) is 16.2. The minimum Gasteiger partial charge on any atom is -0.304 e. The van der Waals surface area contributed by atoms with Crippen LogP contribution in [0.4, 0.5) is 0 Å². The Labute approximate surface area is 147 Å². The highest BCUT2D eigenvalue weighted by Crippen LogP contribution is 2.40. The fourth-order valence-corrected chi connectivity index (χ4v) is 4.41. The highest BCUT2D eigenvalue weighted by atomic mass is 35.5. The molecule has 0 aliphatic rings. The summed E-state index contributed by atoms with van der Waals surface area (Å²) in [5.41, 5.74) is 2.74. The lowest BCUT2D eigenvalue weighted by Gasteiger charge is -2.18. The van der Waals surface area contributed by atoms with Gasteiger partial charge >= 0.3 is 0 Å². The second-order valence-electron chi connectivity index (χ2n) is 5.69. The average Bonchev–Trinajstić information content (AvgIpc) is 2.94. The second-order valence-corrected chi connectivity index (χ2v) is 7.18. The fourth-order valence-electron chi connectivity index (χ4n) is 3.00. The number of halogens is 1. The number of fused-ring (bicyclic) bond motifs is 1. The Morgan fingerprint density at radius 1 is 1.00 bits per heavy atom. The third kappa shape index (κ3) is 3.60. The predicted octanol–water partition coefficient (Wildman–Crippen LogP) is 6.11. The van der Waals surface area contributed by atoms with Gasteiger partial charge in [0.25, 0.3) is 0 Å². The summed E-state index contributed by atoms with van der Waals surface area (Å²) in [5.74, 6) is 0. The van der Waals surface area contributed by atoms with Crippen molar-refractivity contribution in [1.82, 2.24) is 4.90 Å². The number of nitrogens with zero attached hydrogens (tertiary/aromatic N) is 1.